The third-order valence-corrected chi connectivity index (χ3v) is 6.66. The minimum Gasteiger partial charge on any atom is -0.503 e. The normalized spacial score (nSPS) is 11.8. The van der Waals surface area contributed by atoms with Gasteiger partial charge in [-0.15, -0.1) is 0 Å². The molecule has 0 spiro atoms. The van der Waals surface area contributed by atoms with Gasteiger partial charge in [-0.2, -0.15) is 4.37 Å². The topological polar surface area (TPSA) is 129 Å². The Morgan fingerprint density at radius 2 is 1.62 bits per heavy atom. The number of nitrogens with one attached hydrogen (secondary N) is 2. The number of benzene rings is 1. The molecule has 3 N–H and O–H groups in total. The van der Waals surface area contributed by atoms with Gasteiger partial charge in [0.05, 0.1) is 0 Å². The van der Waals surface area contributed by atoms with Gasteiger partial charge in [0, 0.05) is 19.8 Å². The van der Waals surface area contributed by atoms with Crippen molar-refractivity contribution in [1.82, 2.24) is 8.68 Å². The predicted octanol–water partition coefficient (Wildman–Crippen LogP) is 1.18. The van der Waals surface area contributed by atoms with E-state index in [0.717, 1.165) is 4.31 Å². The fourth-order valence-corrected chi connectivity index (χ4v) is 4.20. The van der Waals surface area contributed by atoms with Crippen molar-refractivity contribution in [2.45, 2.75) is 4.21 Å². The molecular weight excluding hydrogens is 380 g/mol. The molecule has 0 fully saturated rings. The second-order valence-electron chi connectivity index (χ2n) is 5.48. The molecule has 1 heterocycles. The van der Waals surface area contributed by atoms with E-state index >= 15 is 0 Å². The number of anilines is 4. The Balaban J connectivity index is 1.92. The van der Waals surface area contributed by atoms with Crippen molar-refractivity contribution in [2.75, 3.05) is 24.7 Å². The number of para-hydroxylation sites is 1. The van der Waals surface area contributed by atoms with E-state index in [9.17, 15) is 23.1 Å². The molecule has 11 heteroatoms. The molecule has 0 unspecified atom stereocenters. The molecule has 0 atom stereocenters. The lowest BCUT2D eigenvalue weighted by molar-refractivity contribution is 0.459. The van der Waals surface area contributed by atoms with Crippen LogP contribution >= 0.6 is 11.5 Å². The lowest BCUT2D eigenvalue weighted by Crippen LogP contribution is -2.35. The highest BCUT2D eigenvalue weighted by molar-refractivity contribution is 7.91. The Bertz CT molecular complexity index is 1130. The maximum Gasteiger partial charge on any atom is 0.257 e. The van der Waals surface area contributed by atoms with E-state index in [1.54, 1.807) is 30.3 Å². The Kier molecular flexibility index (Phi) is 4.52. The summed E-state index contributed by atoms with van der Waals surface area (Å²) < 4.78 is 28.7. The van der Waals surface area contributed by atoms with E-state index in [-0.39, 0.29) is 21.4 Å². The van der Waals surface area contributed by atoms with Gasteiger partial charge >= 0.3 is 0 Å². The van der Waals surface area contributed by atoms with E-state index in [0.29, 0.717) is 17.2 Å². The first-order valence-electron chi connectivity index (χ1n) is 7.27. The Morgan fingerprint density at radius 1 is 1.04 bits per heavy atom. The van der Waals surface area contributed by atoms with Gasteiger partial charge in [-0.1, -0.05) is 18.2 Å². The number of aromatic nitrogens is 1. The van der Waals surface area contributed by atoms with Crippen LogP contribution in [0.15, 0.2) is 44.1 Å². The van der Waals surface area contributed by atoms with Crippen LogP contribution in [0.1, 0.15) is 0 Å². The summed E-state index contributed by atoms with van der Waals surface area (Å²) in [4.78, 5) is 23.7. The first kappa shape index (κ1) is 18.0. The summed E-state index contributed by atoms with van der Waals surface area (Å²) in [6, 6.07) is 8.73. The van der Waals surface area contributed by atoms with Crippen LogP contribution in [0, 0.1) is 0 Å². The summed E-state index contributed by atoms with van der Waals surface area (Å²) in [7, 11) is -1.24. The maximum atomic E-state index is 12.1. The highest BCUT2D eigenvalue weighted by Gasteiger charge is 2.29. The van der Waals surface area contributed by atoms with Crippen molar-refractivity contribution in [3.63, 3.8) is 0 Å². The van der Waals surface area contributed by atoms with E-state index in [1.807, 2.05) is 0 Å². The van der Waals surface area contributed by atoms with Crippen LogP contribution < -0.4 is 21.5 Å². The summed E-state index contributed by atoms with van der Waals surface area (Å²) in [5, 5.41) is 15.5. The molecule has 3 rings (SSSR count). The molecule has 0 saturated carbocycles. The van der Waals surface area contributed by atoms with Crippen molar-refractivity contribution in [3.05, 3.63) is 50.8 Å². The van der Waals surface area contributed by atoms with Gasteiger partial charge in [0.25, 0.3) is 20.9 Å². The number of sulfonamides is 1. The average molecular weight is 394 g/mol. The van der Waals surface area contributed by atoms with Gasteiger partial charge in [0.2, 0.25) is 0 Å². The van der Waals surface area contributed by atoms with E-state index in [2.05, 4.69) is 15.0 Å². The van der Waals surface area contributed by atoms with Gasteiger partial charge in [-0.25, -0.2) is 12.7 Å². The summed E-state index contributed by atoms with van der Waals surface area (Å²) in [5.74, 6) is -0.818. The summed E-state index contributed by atoms with van der Waals surface area (Å²) in [5.41, 5.74) is -0.972. The Labute approximate surface area is 152 Å². The molecule has 0 saturated heterocycles. The molecule has 3 aromatic rings. The minimum absolute atomic E-state index is 0.0191. The Morgan fingerprint density at radius 3 is 2.19 bits per heavy atom. The molecule has 0 aliphatic heterocycles. The average Bonchev–Trinajstić information content (AvgIpc) is 2.99. The molecule has 0 aliphatic rings. The third kappa shape index (κ3) is 2.96. The fourth-order valence-electron chi connectivity index (χ4n) is 2.10. The van der Waals surface area contributed by atoms with Crippen molar-refractivity contribution < 1.29 is 13.5 Å². The summed E-state index contributed by atoms with van der Waals surface area (Å²) >= 11 is 0.564. The number of rotatable bonds is 6. The van der Waals surface area contributed by atoms with Crippen LogP contribution in [-0.4, -0.2) is 36.3 Å². The SMILES string of the molecule is CN(C)S(=O)(=O)c1snc(Nc2c(Nc3ccccc3)c(=O)c2=O)c1O. The monoisotopic (exact) mass is 394 g/mol. The maximum absolute atomic E-state index is 12.1. The van der Waals surface area contributed by atoms with Gasteiger partial charge < -0.3 is 15.7 Å². The van der Waals surface area contributed by atoms with Crippen molar-refractivity contribution in [3.8, 4) is 5.75 Å². The highest BCUT2D eigenvalue weighted by Crippen LogP contribution is 2.37. The van der Waals surface area contributed by atoms with Crippen LogP contribution in [0.5, 0.6) is 5.75 Å². The van der Waals surface area contributed by atoms with Crippen LogP contribution in [0.4, 0.5) is 22.9 Å². The largest absolute Gasteiger partial charge is 0.503 e. The molecule has 2 aromatic carbocycles. The number of hydrogen-bond donors (Lipinski definition) is 3. The first-order chi connectivity index (χ1) is 12.2. The molecule has 0 aliphatic carbocycles. The predicted molar refractivity (Wildman–Crippen MR) is 99.0 cm³/mol. The number of aromatic hydroxyl groups is 1. The molecular formula is C15H14N4O5S2. The number of nitrogens with zero attached hydrogens (tertiary/aromatic N) is 2. The Hall–Kier alpha value is -2.76. The summed E-state index contributed by atoms with van der Waals surface area (Å²) in [6.07, 6.45) is 0. The highest BCUT2D eigenvalue weighted by atomic mass is 32.2. The van der Waals surface area contributed by atoms with Crippen LogP contribution in [0.3, 0.4) is 0 Å². The smallest absolute Gasteiger partial charge is 0.257 e. The molecule has 0 radical (unpaired) electrons. The second kappa shape index (κ2) is 6.52. The fraction of sp³-hybridized carbons (Fsp3) is 0.133. The van der Waals surface area contributed by atoms with Crippen molar-refractivity contribution >= 4 is 44.4 Å². The van der Waals surface area contributed by atoms with Crippen LogP contribution in [0.2, 0.25) is 0 Å². The van der Waals surface area contributed by atoms with Crippen molar-refractivity contribution in [2.24, 2.45) is 0 Å². The zero-order chi connectivity index (χ0) is 19.1. The number of hydrogen-bond acceptors (Lipinski definition) is 9. The van der Waals surface area contributed by atoms with Crippen LogP contribution in [-0.2, 0) is 10.0 Å². The van der Waals surface area contributed by atoms with E-state index < -0.39 is 26.6 Å². The molecule has 26 heavy (non-hydrogen) atoms. The summed E-state index contributed by atoms with van der Waals surface area (Å²) in [6.45, 7) is 0. The molecule has 0 amide bonds. The first-order valence-corrected chi connectivity index (χ1v) is 9.48. The standard InChI is InChI=1S/C15H14N4O5S2/c1-19(2)26(23,24)15-13(22)14(18-25-15)17-10-9(11(20)12(10)21)16-8-6-4-3-5-7-8/h3-7,16,22H,1-2H3,(H,17,18). The van der Waals surface area contributed by atoms with Gasteiger partial charge in [-0.3, -0.25) is 9.59 Å². The zero-order valence-corrected chi connectivity index (χ0v) is 15.3. The molecule has 9 nitrogen and oxygen atoms in total. The van der Waals surface area contributed by atoms with Crippen molar-refractivity contribution in [1.29, 1.82) is 0 Å². The van der Waals surface area contributed by atoms with Gasteiger partial charge in [0.15, 0.2) is 15.8 Å². The third-order valence-electron chi connectivity index (χ3n) is 3.55. The molecule has 1 aromatic heterocycles. The zero-order valence-electron chi connectivity index (χ0n) is 13.7. The quantitative estimate of drug-likeness (QED) is 0.532. The minimum atomic E-state index is -3.88. The van der Waals surface area contributed by atoms with Gasteiger partial charge in [0.1, 0.15) is 11.4 Å². The molecule has 136 valence electrons. The van der Waals surface area contributed by atoms with E-state index in [1.165, 1.54) is 14.1 Å². The van der Waals surface area contributed by atoms with E-state index in [4.69, 9.17) is 0 Å². The lowest BCUT2D eigenvalue weighted by atomic mass is 10.1. The van der Waals surface area contributed by atoms with Crippen LogP contribution in [0.25, 0.3) is 0 Å². The molecule has 0 bridgehead atoms. The second-order valence-corrected chi connectivity index (χ2v) is 8.60. The van der Waals surface area contributed by atoms with Gasteiger partial charge in [-0.05, 0) is 23.7 Å². The lowest BCUT2D eigenvalue weighted by Gasteiger charge is -2.14.